The molecule has 2 rings (SSSR count). The SMILES string of the molecule is COc1ccc(-c2ocnc2C(=O)Cl)cc1. The molecule has 1 aromatic carbocycles. The molecule has 82 valence electrons. The van der Waals surface area contributed by atoms with E-state index >= 15 is 0 Å². The summed E-state index contributed by atoms with van der Waals surface area (Å²) in [6.45, 7) is 0. The molecule has 0 amide bonds. The fourth-order valence-electron chi connectivity index (χ4n) is 1.33. The summed E-state index contributed by atoms with van der Waals surface area (Å²) in [6, 6.07) is 7.06. The van der Waals surface area contributed by atoms with Gasteiger partial charge in [0.2, 0.25) is 0 Å². The fourth-order valence-corrected chi connectivity index (χ4v) is 1.47. The number of rotatable bonds is 3. The van der Waals surface area contributed by atoms with Crippen LogP contribution in [0.5, 0.6) is 5.75 Å². The van der Waals surface area contributed by atoms with Crippen LogP contribution in [0, 0.1) is 0 Å². The van der Waals surface area contributed by atoms with Crippen molar-refractivity contribution < 1.29 is 13.9 Å². The van der Waals surface area contributed by atoms with Gasteiger partial charge in [-0.25, -0.2) is 4.98 Å². The molecule has 0 aliphatic heterocycles. The van der Waals surface area contributed by atoms with Crippen LogP contribution in [0.15, 0.2) is 35.1 Å². The minimum absolute atomic E-state index is 0.117. The summed E-state index contributed by atoms with van der Waals surface area (Å²) in [6.07, 6.45) is 1.19. The molecule has 2 aromatic rings. The van der Waals surface area contributed by atoms with E-state index in [4.69, 9.17) is 20.8 Å². The molecular formula is C11H8ClNO3. The summed E-state index contributed by atoms with van der Waals surface area (Å²) in [5.74, 6) is 1.09. The van der Waals surface area contributed by atoms with Gasteiger partial charge < -0.3 is 9.15 Å². The largest absolute Gasteiger partial charge is 0.497 e. The molecule has 5 heteroatoms. The number of methoxy groups -OCH3 is 1. The quantitative estimate of drug-likeness (QED) is 0.771. The van der Waals surface area contributed by atoms with Crippen LogP contribution < -0.4 is 4.74 Å². The van der Waals surface area contributed by atoms with Crippen molar-refractivity contribution in [2.45, 2.75) is 0 Å². The second kappa shape index (κ2) is 4.37. The number of hydrogen-bond acceptors (Lipinski definition) is 4. The molecule has 0 saturated heterocycles. The lowest BCUT2D eigenvalue weighted by atomic mass is 10.1. The molecule has 4 nitrogen and oxygen atoms in total. The van der Waals surface area contributed by atoms with Crippen LogP contribution in [0.4, 0.5) is 0 Å². The zero-order valence-corrected chi connectivity index (χ0v) is 9.19. The van der Waals surface area contributed by atoms with Crippen LogP contribution in [0.2, 0.25) is 0 Å². The molecule has 0 unspecified atom stereocenters. The molecule has 1 heterocycles. The van der Waals surface area contributed by atoms with Gasteiger partial charge in [-0.15, -0.1) is 0 Å². The number of aromatic nitrogens is 1. The Labute approximate surface area is 96.8 Å². The van der Waals surface area contributed by atoms with Gasteiger partial charge in [0.1, 0.15) is 5.75 Å². The topological polar surface area (TPSA) is 52.3 Å². The summed E-state index contributed by atoms with van der Waals surface area (Å²) < 4.78 is 10.2. The van der Waals surface area contributed by atoms with Gasteiger partial charge in [0.15, 0.2) is 17.8 Å². The number of ether oxygens (including phenoxy) is 1. The number of nitrogens with zero attached hydrogens (tertiary/aromatic N) is 1. The summed E-state index contributed by atoms with van der Waals surface area (Å²) in [5, 5.41) is -0.639. The maximum absolute atomic E-state index is 11.0. The van der Waals surface area contributed by atoms with E-state index in [1.807, 2.05) is 0 Å². The highest BCUT2D eigenvalue weighted by Crippen LogP contribution is 2.25. The molecule has 0 radical (unpaired) electrons. The summed E-state index contributed by atoms with van der Waals surface area (Å²) in [7, 11) is 1.58. The van der Waals surface area contributed by atoms with Gasteiger partial charge in [-0.3, -0.25) is 4.79 Å². The van der Waals surface area contributed by atoms with Crippen molar-refractivity contribution in [3.63, 3.8) is 0 Å². The van der Waals surface area contributed by atoms with E-state index in [2.05, 4.69) is 4.98 Å². The minimum Gasteiger partial charge on any atom is -0.497 e. The van der Waals surface area contributed by atoms with Gasteiger partial charge in [-0.2, -0.15) is 0 Å². The minimum atomic E-state index is -0.639. The molecule has 1 aromatic heterocycles. The third-order valence-electron chi connectivity index (χ3n) is 2.11. The molecule has 16 heavy (non-hydrogen) atoms. The van der Waals surface area contributed by atoms with E-state index in [9.17, 15) is 4.79 Å². The average Bonchev–Trinajstić information content (AvgIpc) is 2.78. The second-order valence-electron chi connectivity index (χ2n) is 3.03. The third-order valence-corrected chi connectivity index (χ3v) is 2.28. The summed E-state index contributed by atoms with van der Waals surface area (Å²) >= 11 is 5.37. The van der Waals surface area contributed by atoms with Gasteiger partial charge in [0.25, 0.3) is 5.24 Å². The first-order valence-electron chi connectivity index (χ1n) is 4.50. The van der Waals surface area contributed by atoms with Gasteiger partial charge in [0.05, 0.1) is 7.11 Å². The lowest BCUT2D eigenvalue weighted by Crippen LogP contribution is -1.91. The number of halogens is 1. The molecule has 0 bridgehead atoms. The maximum Gasteiger partial charge on any atom is 0.274 e. The monoisotopic (exact) mass is 237 g/mol. The van der Waals surface area contributed by atoms with Crippen LogP contribution in [-0.4, -0.2) is 17.3 Å². The number of hydrogen-bond donors (Lipinski definition) is 0. The number of oxazole rings is 1. The van der Waals surface area contributed by atoms with Crippen molar-refractivity contribution in [3.05, 3.63) is 36.4 Å². The standard InChI is InChI=1S/C11H8ClNO3/c1-15-8-4-2-7(3-5-8)10-9(11(12)14)13-6-16-10/h2-6H,1H3. The van der Waals surface area contributed by atoms with Crippen LogP contribution in [0.1, 0.15) is 10.5 Å². The smallest absolute Gasteiger partial charge is 0.274 e. The Hall–Kier alpha value is -1.81. The summed E-state index contributed by atoms with van der Waals surface area (Å²) in [4.78, 5) is 14.8. The molecule has 0 aliphatic rings. The number of carbonyl (C=O) groups is 1. The molecule has 0 N–H and O–H groups in total. The van der Waals surface area contributed by atoms with Gasteiger partial charge in [-0.05, 0) is 35.9 Å². The normalized spacial score (nSPS) is 10.1. The van der Waals surface area contributed by atoms with E-state index in [1.54, 1.807) is 31.4 Å². The van der Waals surface area contributed by atoms with Crippen molar-refractivity contribution in [2.75, 3.05) is 7.11 Å². The number of carbonyl (C=O) groups excluding carboxylic acids is 1. The molecule has 0 aliphatic carbocycles. The highest BCUT2D eigenvalue weighted by molar-refractivity contribution is 6.67. The van der Waals surface area contributed by atoms with E-state index in [-0.39, 0.29) is 5.69 Å². The van der Waals surface area contributed by atoms with E-state index in [0.29, 0.717) is 5.76 Å². The highest BCUT2D eigenvalue weighted by Gasteiger charge is 2.15. The van der Waals surface area contributed by atoms with Crippen molar-refractivity contribution in [3.8, 4) is 17.1 Å². The van der Waals surface area contributed by atoms with Crippen LogP contribution in [0.3, 0.4) is 0 Å². The molecular weight excluding hydrogens is 230 g/mol. The van der Waals surface area contributed by atoms with Crippen LogP contribution >= 0.6 is 11.6 Å². The van der Waals surface area contributed by atoms with Gasteiger partial charge in [0, 0.05) is 5.56 Å². The Morgan fingerprint density at radius 2 is 2.06 bits per heavy atom. The highest BCUT2D eigenvalue weighted by atomic mass is 35.5. The fraction of sp³-hybridized carbons (Fsp3) is 0.0909. The Morgan fingerprint density at radius 1 is 1.38 bits per heavy atom. The van der Waals surface area contributed by atoms with E-state index in [0.717, 1.165) is 11.3 Å². The Kier molecular flexibility index (Phi) is 2.92. The lowest BCUT2D eigenvalue weighted by Gasteiger charge is -2.01. The first-order chi connectivity index (χ1) is 7.72. The first kappa shape index (κ1) is 10.7. The predicted octanol–water partition coefficient (Wildman–Crippen LogP) is 2.73. The average molecular weight is 238 g/mol. The maximum atomic E-state index is 11.0. The zero-order valence-electron chi connectivity index (χ0n) is 8.44. The molecule has 0 saturated carbocycles. The van der Waals surface area contributed by atoms with E-state index < -0.39 is 5.24 Å². The Balaban J connectivity index is 2.42. The Bertz CT molecular complexity index is 504. The lowest BCUT2D eigenvalue weighted by molar-refractivity contribution is 0.107. The first-order valence-corrected chi connectivity index (χ1v) is 4.88. The van der Waals surface area contributed by atoms with Crippen LogP contribution in [-0.2, 0) is 0 Å². The Morgan fingerprint density at radius 3 is 2.62 bits per heavy atom. The predicted molar refractivity (Wildman–Crippen MR) is 58.7 cm³/mol. The van der Waals surface area contributed by atoms with E-state index in [1.165, 1.54) is 6.39 Å². The molecule has 0 fully saturated rings. The van der Waals surface area contributed by atoms with Crippen LogP contribution in [0.25, 0.3) is 11.3 Å². The number of benzene rings is 1. The van der Waals surface area contributed by atoms with Crippen molar-refractivity contribution >= 4 is 16.8 Å². The van der Waals surface area contributed by atoms with Gasteiger partial charge in [-0.1, -0.05) is 0 Å². The third kappa shape index (κ3) is 1.92. The van der Waals surface area contributed by atoms with Crippen molar-refractivity contribution in [2.24, 2.45) is 0 Å². The van der Waals surface area contributed by atoms with Crippen molar-refractivity contribution in [1.82, 2.24) is 4.98 Å². The molecule has 0 spiro atoms. The molecule has 0 atom stereocenters. The van der Waals surface area contributed by atoms with Crippen molar-refractivity contribution in [1.29, 1.82) is 0 Å². The zero-order chi connectivity index (χ0) is 11.5. The summed E-state index contributed by atoms with van der Waals surface area (Å²) in [5.41, 5.74) is 0.842. The van der Waals surface area contributed by atoms with Gasteiger partial charge >= 0.3 is 0 Å². The second-order valence-corrected chi connectivity index (χ2v) is 3.38.